The summed E-state index contributed by atoms with van der Waals surface area (Å²) in [5, 5.41) is 0. The van der Waals surface area contributed by atoms with Gasteiger partial charge in [-0.2, -0.15) is 0 Å². The highest BCUT2D eigenvalue weighted by molar-refractivity contribution is 5.83. The summed E-state index contributed by atoms with van der Waals surface area (Å²) in [6.45, 7) is 2.00. The highest BCUT2D eigenvalue weighted by Gasteiger charge is 2.28. The van der Waals surface area contributed by atoms with Crippen LogP contribution in [0, 0.1) is 6.92 Å². The van der Waals surface area contributed by atoms with Crippen molar-refractivity contribution in [2.45, 2.75) is 25.7 Å². The van der Waals surface area contributed by atoms with E-state index in [1.807, 2.05) is 19.1 Å². The van der Waals surface area contributed by atoms with Gasteiger partial charge in [0, 0.05) is 11.3 Å². The molecule has 1 fully saturated rings. The maximum absolute atomic E-state index is 5.98. The molecule has 3 heteroatoms. The number of hydrogen-bond acceptors (Lipinski definition) is 3. The molecule has 0 aromatic carbocycles. The molecule has 0 amide bonds. The molecule has 0 saturated heterocycles. The molecule has 0 aliphatic heterocycles. The SMILES string of the molecule is Cc1ccc2ncc(N)c(C3CC3)c2n1. The van der Waals surface area contributed by atoms with E-state index in [9.17, 15) is 0 Å². The van der Waals surface area contributed by atoms with Gasteiger partial charge in [0.15, 0.2) is 0 Å². The molecule has 0 spiro atoms. The van der Waals surface area contributed by atoms with Crippen molar-refractivity contribution in [3.05, 3.63) is 29.6 Å². The fourth-order valence-electron chi connectivity index (χ4n) is 2.00. The molecule has 2 aromatic rings. The van der Waals surface area contributed by atoms with Crippen molar-refractivity contribution in [1.29, 1.82) is 0 Å². The van der Waals surface area contributed by atoms with E-state index >= 15 is 0 Å². The number of anilines is 1. The minimum atomic E-state index is 0.616. The lowest BCUT2D eigenvalue weighted by atomic mass is 10.1. The van der Waals surface area contributed by atoms with Crippen LogP contribution in [-0.4, -0.2) is 9.97 Å². The summed E-state index contributed by atoms with van der Waals surface area (Å²) < 4.78 is 0. The van der Waals surface area contributed by atoms with E-state index in [0.717, 1.165) is 22.4 Å². The first-order valence-corrected chi connectivity index (χ1v) is 5.27. The Bertz CT molecular complexity index is 524. The largest absolute Gasteiger partial charge is 0.397 e. The van der Waals surface area contributed by atoms with Gasteiger partial charge in [0.2, 0.25) is 0 Å². The fraction of sp³-hybridized carbons (Fsp3) is 0.333. The molecule has 1 saturated carbocycles. The fourth-order valence-corrected chi connectivity index (χ4v) is 2.00. The number of pyridine rings is 2. The molecule has 0 bridgehead atoms. The molecule has 3 rings (SSSR count). The third kappa shape index (κ3) is 1.35. The molecule has 76 valence electrons. The quantitative estimate of drug-likeness (QED) is 0.767. The Hall–Kier alpha value is -1.64. The van der Waals surface area contributed by atoms with Crippen LogP contribution < -0.4 is 5.73 Å². The molecule has 0 atom stereocenters. The van der Waals surface area contributed by atoms with E-state index < -0.39 is 0 Å². The van der Waals surface area contributed by atoms with Crippen LogP contribution >= 0.6 is 0 Å². The second kappa shape index (κ2) is 2.92. The van der Waals surface area contributed by atoms with Gasteiger partial charge in [-0.05, 0) is 37.8 Å². The standard InChI is InChI=1S/C12H13N3/c1-7-2-5-10-12(15-7)11(8-3-4-8)9(13)6-14-10/h2,5-6,8H,3-4,13H2,1H3. The molecule has 1 aliphatic rings. The summed E-state index contributed by atoms with van der Waals surface area (Å²) in [6, 6.07) is 4.01. The predicted molar refractivity (Wildman–Crippen MR) is 60.7 cm³/mol. The van der Waals surface area contributed by atoms with E-state index in [1.54, 1.807) is 6.20 Å². The average Bonchev–Trinajstić information content (AvgIpc) is 3.01. The van der Waals surface area contributed by atoms with Crippen LogP contribution in [0.1, 0.15) is 30.0 Å². The van der Waals surface area contributed by atoms with E-state index in [2.05, 4.69) is 9.97 Å². The Kier molecular flexibility index (Phi) is 1.69. The number of aromatic nitrogens is 2. The third-order valence-corrected chi connectivity index (χ3v) is 2.91. The minimum absolute atomic E-state index is 0.616. The number of nitrogen functional groups attached to an aromatic ring is 1. The summed E-state index contributed by atoms with van der Waals surface area (Å²) in [5.41, 5.74) is 11.0. The summed E-state index contributed by atoms with van der Waals surface area (Å²) in [5.74, 6) is 0.616. The second-order valence-electron chi connectivity index (χ2n) is 4.22. The normalized spacial score (nSPS) is 15.8. The lowest BCUT2D eigenvalue weighted by molar-refractivity contribution is 1.11. The molecule has 3 nitrogen and oxygen atoms in total. The molecular formula is C12H13N3. The molecule has 0 unspecified atom stereocenters. The monoisotopic (exact) mass is 199 g/mol. The Morgan fingerprint density at radius 1 is 1.33 bits per heavy atom. The van der Waals surface area contributed by atoms with Crippen molar-refractivity contribution in [1.82, 2.24) is 9.97 Å². The molecule has 1 aliphatic carbocycles. The lowest BCUT2D eigenvalue weighted by Gasteiger charge is -2.07. The molecule has 2 N–H and O–H groups in total. The molecule has 0 radical (unpaired) electrons. The van der Waals surface area contributed by atoms with Crippen molar-refractivity contribution in [2.24, 2.45) is 0 Å². The van der Waals surface area contributed by atoms with Crippen LogP contribution in [0.4, 0.5) is 5.69 Å². The van der Waals surface area contributed by atoms with Crippen molar-refractivity contribution in [3.63, 3.8) is 0 Å². The summed E-state index contributed by atoms with van der Waals surface area (Å²) >= 11 is 0. The zero-order valence-corrected chi connectivity index (χ0v) is 8.70. The van der Waals surface area contributed by atoms with Crippen molar-refractivity contribution >= 4 is 16.7 Å². The van der Waals surface area contributed by atoms with Crippen LogP contribution in [0.3, 0.4) is 0 Å². The lowest BCUT2D eigenvalue weighted by Crippen LogP contribution is -1.98. The van der Waals surface area contributed by atoms with Gasteiger partial charge in [-0.1, -0.05) is 0 Å². The van der Waals surface area contributed by atoms with E-state index in [0.29, 0.717) is 5.92 Å². The van der Waals surface area contributed by atoms with Gasteiger partial charge in [-0.25, -0.2) is 0 Å². The predicted octanol–water partition coefficient (Wildman–Crippen LogP) is 2.40. The minimum Gasteiger partial charge on any atom is -0.397 e. The third-order valence-electron chi connectivity index (χ3n) is 2.91. The average molecular weight is 199 g/mol. The number of nitrogens with two attached hydrogens (primary N) is 1. The Morgan fingerprint density at radius 3 is 2.87 bits per heavy atom. The van der Waals surface area contributed by atoms with Gasteiger partial charge >= 0.3 is 0 Å². The summed E-state index contributed by atoms with van der Waals surface area (Å²) in [7, 11) is 0. The first-order chi connectivity index (χ1) is 7.25. The Balaban J connectivity index is 2.36. The number of fused-ring (bicyclic) bond motifs is 1. The van der Waals surface area contributed by atoms with E-state index in [1.165, 1.54) is 18.4 Å². The highest BCUT2D eigenvalue weighted by Crippen LogP contribution is 2.44. The van der Waals surface area contributed by atoms with Crippen LogP contribution in [0.25, 0.3) is 11.0 Å². The van der Waals surface area contributed by atoms with Gasteiger partial charge in [0.05, 0.1) is 22.9 Å². The summed E-state index contributed by atoms with van der Waals surface area (Å²) in [6.07, 6.45) is 4.23. The van der Waals surface area contributed by atoms with Crippen LogP contribution in [-0.2, 0) is 0 Å². The first-order valence-electron chi connectivity index (χ1n) is 5.27. The number of hydrogen-bond donors (Lipinski definition) is 1. The zero-order chi connectivity index (χ0) is 10.4. The number of rotatable bonds is 1. The van der Waals surface area contributed by atoms with Gasteiger partial charge in [-0.3, -0.25) is 9.97 Å². The maximum atomic E-state index is 5.98. The second-order valence-corrected chi connectivity index (χ2v) is 4.22. The highest BCUT2D eigenvalue weighted by atomic mass is 14.8. The van der Waals surface area contributed by atoms with Gasteiger partial charge in [-0.15, -0.1) is 0 Å². The van der Waals surface area contributed by atoms with E-state index in [4.69, 9.17) is 5.73 Å². The molecule has 2 heterocycles. The van der Waals surface area contributed by atoms with Crippen molar-refractivity contribution < 1.29 is 0 Å². The Morgan fingerprint density at radius 2 is 2.13 bits per heavy atom. The van der Waals surface area contributed by atoms with Crippen LogP contribution in [0.5, 0.6) is 0 Å². The first kappa shape index (κ1) is 8.65. The topological polar surface area (TPSA) is 51.8 Å². The van der Waals surface area contributed by atoms with Crippen LogP contribution in [0.2, 0.25) is 0 Å². The molecular weight excluding hydrogens is 186 g/mol. The number of aryl methyl sites for hydroxylation is 1. The summed E-state index contributed by atoms with van der Waals surface area (Å²) in [4.78, 5) is 8.86. The van der Waals surface area contributed by atoms with Crippen molar-refractivity contribution in [2.75, 3.05) is 5.73 Å². The molecule has 15 heavy (non-hydrogen) atoms. The Labute approximate surface area is 88.3 Å². The van der Waals surface area contributed by atoms with Crippen molar-refractivity contribution in [3.8, 4) is 0 Å². The zero-order valence-electron chi connectivity index (χ0n) is 8.70. The van der Waals surface area contributed by atoms with Crippen LogP contribution in [0.15, 0.2) is 18.3 Å². The number of nitrogens with zero attached hydrogens (tertiary/aromatic N) is 2. The van der Waals surface area contributed by atoms with Gasteiger partial charge in [0.25, 0.3) is 0 Å². The van der Waals surface area contributed by atoms with Gasteiger partial charge < -0.3 is 5.73 Å². The maximum Gasteiger partial charge on any atom is 0.0945 e. The van der Waals surface area contributed by atoms with E-state index in [-0.39, 0.29) is 0 Å². The molecule has 2 aromatic heterocycles. The van der Waals surface area contributed by atoms with Gasteiger partial charge in [0.1, 0.15) is 0 Å². The smallest absolute Gasteiger partial charge is 0.0945 e.